The molecule has 0 aliphatic carbocycles. The molecule has 1 rings (SSSR count). The average Bonchev–Trinajstić information content (AvgIpc) is 2.39. The number of hydrogen-bond donors (Lipinski definition) is 4. The topological polar surface area (TPSA) is 81.6 Å². The number of halogens is 1. The number of rotatable bonds is 7. The molecule has 0 aromatic heterocycles. The molecule has 1 aromatic carbocycles. The van der Waals surface area contributed by atoms with Crippen molar-refractivity contribution in [2.24, 2.45) is 0 Å². The van der Waals surface area contributed by atoms with E-state index in [0.717, 1.165) is 19.4 Å². The molecule has 1 atom stereocenters. The van der Waals surface area contributed by atoms with Crippen LogP contribution < -0.4 is 10.6 Å². The second-order valence-corrected chi connectivity index (χ2v) is 4.43. The van der Waals surface area contributed by atoms with Gasteiger partial charge in [-0.15, -0.1) is 12.4 Å². The summed E-state index contributed by atoms with van der Waals surface area (Å²) in [5, 5.41) is 25.4. The highest BCUT2D eigenvalue weighted by Crippen LogP contribution is 2.26. The molecule has 1 amide bonds. The van der Waals surface area contributed by atoms with Gasteiger partial charge in [0, 0.05) is 13.5 Å². The van der Waals surface area contributed by atoms with Crippen molar-refractivity contribution in [2.45, 2.75) is 32.8 Å². The van der Waals surface area contributed by atoms with Gasteiger partial charge in [0.1, 0.15) is 5.75 Å². The SMILES string of the molecule is Cl.[3H]c1c(C(O)CNCCCC)ccc(NC(C)=O)c1O. The monoisotopic (exact) mass is 304 g/mol. The molecule has 0 fully saturated rings. The summed E-state index contributed by atoms with van der Waals surface area (Å²) in [6, 6.07) is 2.86. The minimum Gasteiger partial charge on any atom is -0.506 e. The third kappa shape index (κ3) is 6.23. The summed E-state index contributed by atoms with van der Waals surface area (Å²) in [6.07, 6.45) is 1.23. The van der Waals surface area contributed by atoms with E-state index in [0.29, 0.717) is 12.1 Å². The van der Waals surface area contributed by atoms with Gasteiger partial charge in [-0.3, -0.25) is 4.79 Å². The summed E-state index contributed by atoms with van der Waals surface area (Å²) in [7, 11) is 0. The maximum atomic E-state index is 11.0. The molecule has 0 heterocycles. The smallest absolute Gasteiger partial charge is 0.221 e. The van der Waals surface area contributed by atoms with Crippen molar-refractivity contribution in [3.63, 3.8) is 0 Å². The molecule has 0 saturated carbocycles. The van der Waals surface area contributed by atoms with Crippen molar-refractivity contribution in [2.75, 3.05) is 18.4 Å². The fraction of sp³-hybridized carbons (Fsp3) is 0.500. The third-order valence-corrected chi connectivity index (χ3v) is 2.66. The molecule has 5 nitrogen and oxygen atoms in total. The molecule has 0 aliphatic heterocycles. The molecule has 0 aliphatic rings. The molecule has 0 radical (unpaired) electrons. The standard InChI is InChI=1S/C14H22N2O3.ClH/c1-3-4-7-15-9-14(19)11-5-6-12(13(18)8-11)16-10(2)17;/h5-6,8,14-15,18-19H,3-4,7,9H2,1-2H3,(H,16,17);1H/i8T;. The highest BCUT2D eigenvalue weighted by atomic mass is 35.5. The van der Waals surface area contributed by atoms with Crippen LogP contribution in [0.5, 0.6) is 5.75 Å². The van der Waals surface area contributed by atoms with Crippen LogP contribution in [0, 0.1) is 0 Å². The first-order valence-electron chi connectivity index (χ1n) is 6.96. The Balaban J connectivity index is 0.00000400. The van der Waals surface area contributed by atoms with Gasteiger partial charge >= 0.3 is 0 Å². The molecular weight excluding hydrogens is 280 g/mol. The second kappa shape index (κ2) is 9.58. The van der Waals surface area contributed by atoms with Crippen LogP contribution in [0.2, 0.25) is 0 Å². The number of amides is 1. The van der Waals surface area contributed by atoms with Crippen LogP contribution in [0.15, 0.2) is 18.2 Å². The number of aliphatic hydroxyl groups excluding tert-OH is 1. The van der Waals surface area contributed by atoms with E-state index < -0.39 is 6.10 Å². The van der Waals surface area contributed by atoms with Crippen LogP contribution in [-0.2, 0) is 4.79 Å². The van der Waals surface area contributed by atoms with Crippen molar-refractivity contribution in [1.82, 2.24) is 5.32 Å². The van der Waals surface area contributed by atoms with Crippen LogP contribution in [0.1, 0.15) is 39.7 Å². The lowest BCUT2D eigenvalue weighted by molar-refractivity contribution is -0.114. The second-order valence-electron chi connectivity index (χ2n) is 4.43. The highest BCUT2D eigenvalue weighted by molar-refractivity contribution is 5.90. The number of unbranched alkanes of at least 4 members (excludes halogenated alkanes) is 1. The first kappa shape index (κ1) is 16.8. The number of phenols is 1. The van der Waals surface area contributed by atoms with Gasteiger partial charge < -0.3 is 20.8 Å². The van der Waals surface area contributed by atoms with Crippen molar-refractivity contribution in [3.8, 4) is 5.75 Å². The van der Waals surface area contributed by atoms with E-state index in [1.165, 1.54) is 13.0 Å². The number of aromatic hydroxyl groups is 1. The summed E-state index contributed by atoms with van der Waals surface area (Å²) in [5.41, 5.74) is 0.512. The zero-order valence-electron chi connectivity index (χ0n) is 12.8. The largest absolute Gasteiger partial charge is 0.506 e. The number of carbonyl (C=O) groups excluding carboxylic acids is 1. The van der Waals surface area contributed by atoms with Crippen LogP contribution in [0.25, 0.3) is 0 Å². The molecule has 20 heavy (non-hydrogen) atoms. The van der Waals surface area contributed by atoms with E-state index in [9.17, 15) is 15.0 Å². The molecule has 0 saturated heterocycles. The number of anilines is 1. The summed E-state index contributed by atoms with van der Waals surface area (Å²) >= 11 is 0. The van der Waals surface area contributed by atoms with E-state index in [1.54, 1.807) is 6.07 Å². The Morgan fingerprint density at radius 1 is 1.50 bits per heavy atom. The molecule has 0 bridgehead atoms. The van der Waals surface area contributed by atoms with Crippen molar-refractivity contribution < 1.29 is 16.4 Å². The lowest BCUT2D eigenvalue weighted by Crippen LogP contribution is -2.22. The molecular formula is C14H23ClN2O3. The number of benzene rings is 1. The predicted octanol–water partition coefficient (Wildman–Crippen LogP) is 2.20. The van der Waals surface area contributed by atoms with E-state index in [4.69, 9.17) is 1.37 Å². The summed E-state index contributed by atoms with van der Waals surface area (Å²) in [6.45, 7) is 4.53. The average molecular weight is 305 g/mol. The summed E-state index contributed by atoms with van der Waals surface area (Å²) in [4.78, 5) is 11.0. The first-order valence-corrected chi connectivity index (χ1v) is 6.46. The molecule has 0 spiro atoms. The highest BCUT2D eigenvalue weighted by Gasteiger charge is 2.10. The van der Waals surface area contributed by atoms with Gasteiger partial charge in [-0.05, 0) is 30.6 Å². The minimum atomic E-state index is -0.864. The third-order valence-electron chi connectivity index (χ3n) is 2.66. The van der Waals surface area contributed by atoms with Crippen molar-refractivity contribution >= 4 is 24.0 Å². The van der Waals surface area contributed by atoms with Gasteiger partial charge in [0.25, 0.3) is 0 Å². The Labute approximate surface area is 127 Å². The lowest BCUT2D eigenvalue weighted by Gasteiger charge is -2.14. The Bertz CT molecular complexity index is 472. The Kier molecular flexibility index (Phi) is 8.02. The van der Waals surface area contributed by atoms with Gasteiger partial charge in [0.15, 0.2) is 0 Å². The number of phenolic OH excluding ortho intramolecular Hbond substituents is 1. The molecule has 1 aromatic rings. The summed E-state index contributed by atoms with van der Waals surface area (Å²) in [5.74, 6) is -0.653. The number of hydrogen-bond acceptors (Lipinski definition) is 4. The number of carbonyl (C=O) groups is 1. The van der Waals surface area contributed by atoms with Crippen LogP contribution in [0.3, 0.4) is 0 Å². The zero-order chi connectivity index (χ0) is 15.1. The van der Waals surface area contributed by atoms with Crippen LogP contribution in [-0.4, -0.2) is 29.2 Å². The predicted molar refractivity (Wildman–Crippen MR) is 82.4 cm³/mol. The summed E-state index contributed by atoms with van der Waals surface area (Å²) < 4.78 is 7.84. The molecule has 1 unspecified atom stereocenters. The Morgan fingerprint density at radius 2 is 2.20 bits per heavy atom. The minimum absolute atomic E-state index is 0. The van der Waals surface area contributed by atoms with Crippen molar-refractivity contribution in [1.29, 1.82) is 0 Å². The van der Waals surface area contributed by atoms with E-state index >= 15 is 0 Å². The maximum Gasteiger partial charge on any atom is 0.221 e. The number of aliphatic hydroxyl groups is 1. The van der Waals surface area contributed by atoms with Crippen molar-refractivity contribution in [3.05, 3.63) is 23.7 Å². The van der Waals surface area contributed by atoms with E-state index in [2.05, 4.69) is 17.6 Å². The maximum absolute atomic E-state index is 11.0. The normalized spacial score (nSPS) is 12.2. The van der Waals surface area contributed by atoms with Crippen LogP contribution >= 0.6 is 12.4 Å². The van der Waals surface area contributed by atoms with Crippen LogP contribution in [0.4, 0.5) is 5.69 Å². The Morgan fingerprint density at radius 3 is 2.80 bits per heavy atom. The molecule has 4 N–H and O–H groups in total. The molecule has 114 valence electrons. The lowest BCUT2D eigenvalue weighted by atomic mass is 10.1. The van der Waals surface area contributed by atoms with Gasteiger partial charge in [0.2, 0.25) is 5.91 Å². The number of nitrogens with one attached hydrogen (secondary N) is 2. The first-order chi connectivity index (χ1) is 9.47. The Hall–Kier alpha value is -1.30. The van der Waals surface area contributed by atoms with E-state index in [1.807, 2.05) is 0 Å². The zero-order valence-corrected chi connectivity index (χ0v) is 12.6. The quantitative estimate of drug-likeness (QED) is 0.460. The van der Waals surface area contributed by atoms with Gasteiger partial charge in [-0.2, -0.15) is 0 Å². The fourth-order valence-corrected chi connectivity index (χ4v) is 1.63. The van der Waals surface area contributed by atoms with Gasteiger partial charge in [-0.25, -0.2) is 0 Å². The molecule has 6 heteroatoms. The van der Waals surface area contributed by atoms with Gasteiger partial charge in [0.05, 0.1) is 13.2 Å². The van der Waals surface area contributed by atoms with Gasteiger partial charge in [-0.1, -0.05) is 19.4 Å². The fourth-order valence-electron chi connectivity index (χ4n) is 1.63. The van der Waals surface area contributed by atoms with E-state index in [-0.39, 0.29) is 35.8 Å².